The Morgan fingerprint density at radius 1 is 1.11 bits per heavy atom. The molecule has 1 rings (SSSR count). The van der Waals surface area contributed by atoms with Crippen molar-refractivity contribution >= 4 is 0 Å². The Kier molecular flexibility index (Phi) is 4.84. The van der Waals surface area contributed by atoms with Crippen molar-refractivity contribution in [3.8, 4) is 6.07 Å². The Labute approximate surface area is 107 Å². The molecule has 1 atom stereocenters. The Balaban J connectivity index is 2.74. The van der Waals surface area contributed by atoms with Crippen LogP contribution in [-0.2, 0) is 5.92 Å². The third kappa shape index (κ3) is 3.80. The Morgan fingerprint density at radius 2 is 1.67 bits per heavy atom. The van der Waals surface area contributed by atoms with E-state index in [2.05, 4.69) is 20.8 Å². The van der Waals surface area contributed by atoms with Gasteiger partial charge in [0, 0.05) is 5.56 Å². The van der Waals surface area contributed by atoms with Gasteiger partial charge in [-0.15, -0.1) is 0 Å². The highest BCUT2D eigenvalue weighted by atomic mass is 19.3. The number of hydrogen-bond donors (Lipinski definition) is 0. The molecular weight excluding hydrogens is 232 g/mol. The lowest BCUT2D eigenvalue weighted by atomic mass is 9.92. The zero-order valence-corrected chi connectivity index (χ0v) is 11.1. The van der Waals surface area contributed by atoms with E-state index in [9.17, 15) is 8.78 Å². The predicted molar refractivity (Wildman–Crippen MR) is 68.4 cm³/mol. The number of nitrogens with zero attached hydrogens (tertiary/aromatic N) is 1. The molecule has 0 aliphatic carbocycles. The summed E-state index contributed by atoms with van der Waals surface area (Å²) in [7, 11) is 0. The molecule has 98 valence electrons. The molecule has 0 saturated heterocycles. The number of rotatable bonds is 5. The van der Waals surface area contributed by atoms with Crippen molar-refractivity contribution in [2.45, 2.75) is 45.5 Å². The van der Waals surface area contributed by atoms with Crippen LogP contribution in [0.5, 0.6) is 0 Å². The molecule has 0 aliphatic rings. The lowest BCUT2D eigenvalue weighted by molar-refractivity contribution is 0.0613. The van der Waals surface area contributed by atoms with E-state index in [0.29, 0.717) is 11.8 Å². The molecule has 18 heavy (non-hydrogen) atoms. The third-order valence-corrected chi connectivity index (χ3v) is 3.16. The van der Waals surface area contributed by atoms with Gasteiger partial charge in [0.1, 0.15) is 6.07 Å². The van der Waals surface area contributed by atoms with E-state index < -0.39 is 5.92 Å². The second-order valence-electron chi connectivity index (χ2n) is 5.18. The van der Waals surface area contributed by atoms with Gasteiger partial charge in [0.2, 0.25) is 0 Å². The molecule has 1 aromatic carbocycles. The van der Waals surface area contributed by atoms with Gasteiger partial charge in [-0.3, -0.25) is 0 Å². The summed E-state index contributed by atoms with van der Waals surface area (Å²) in [6, 6.07) is 7.12. The van der Waals surface area contributed by atoms with Crippen LogP contribution in [0, 0.1) is 17.2 Å². The average molecular weight is 251 g/mol. The standard InChI is InChI=1S/C15H19F2N/c1-11(2)4-5-12(3)13-6-8-14(9-7-13)15(16,17)10-18/h6-9,11-12H,4-5H2,1-3H3. The monoisotopic (exact) mass is 251 g/mol. The average Bonchev–Trinajstić information content (AvgIpc) is 2.36. The van der Waals surface area contributed by atoms with Crippen LogP contribution in [0.1, 0.15) is 50.7 Å². The van der Waals surface area contributed by atoms with Crippen LogP contribution >= 0.6 is 0 Å². The molecule has 0 bridgehead atoms. The third-order valence-electron chi connectivity index (χ3n) is 3.16. The molecule has 0 aromatic heterocycles. The largest absolute Gasteiger partial charge is 0.357 e. The second kappa shape index (κ2) is 5.95. The normalized spacial score (nSPS) is 13.4. The van der Waals surface area contributed by atoms with Gasteiger partial charge < -0.3 is 0 Å². The van der Waals surface area contributed by atoms with E-state index >= 15 is 0 Å². The molecule has 0 amide bonds. The van der Waals surface area contributed by atoms with Crippen LogP contribution in [0.4, 0.5) is 8.78 Å². The summed E-state index contributed by atoms with van der Waals surface area (Å²) < 4.78 is 26.2. The Morgan fingerprint density at radius 3 is 2.11 bits per heavy atom. The minimum Gasteiger partial charge on any atom is -0.191 e. The molecule has 0 spiro atoms. The molecule has 0 fully saturated rings. The van der Waals surface area contributed by atoms with Crippen LogP contribution in [-0.4, -0.2) is 0 Å². The van der Waals surface area contributed by atoms with Crippen molar-refractivity contribution in [1.29, 1.82) is 5.26 Å². The number of alkyl halides is 2. The first-order chi connectivity index (χ1) is 8.36. The highest BCUT2D eigenvalue weighted by Gasteiger charge is 2.30. The highest BCUT2D eigenvalue weighted by molar-refractivity contribution is 5.30. The van der Waals surface area contributed by atoms with Gasteiger partial charge >= 0.3 is 5.92 Å². The minimum absolute atomic E-state index is 0.232. The van der Waals surface area contributed by atoms with Crippen molar-refractivity contribution < 1.29 is 8.78 Å². The van der Waals surface area contributed by atoms with Crippen LogP contribution < -0.4 is 0 Å². The molecule has 3 heteroatoms. The Hall–Kier alpha value is -1.43. The number of benzene rings is 1. The van der Waals surface area contributed by atoms with Crippen molar-refractivity contribution in [3.05, 3.63) is 35.4 Å². The van der Waals surface area contributed by atoms with E-state index in [0.717, 1.165) is 24.5 Å². The van der Waals surface area contributed by atoms with Crippen LogP contribution in [0.15, 0.2) is 24.3 Å². The van der Waals surface area contributed by atoms with Gasteiger partial charge in [0.25, 0.3) is 0 Å². The van der Waals surface area contributed by atoms with Crippen molar-refractivity contribution in [3.63, 3.8) is 0 Å². The first-order valence-electron chi connectivity index (χ1n) is 6.26. The van der Waals surface area contributed by atoms with Gasteiger partial charge in [0.05, 0.1) is 0 Å². The fourth-order valence-corrected chi connectivity index (χ4v) is 1.84. The molecular formula is C15H19F2N. The summed E-state index contributed by atoms with van der Waals surface area (Å²) in [6.45, 7) is 6.44. The highest BCUT2D eigenvalue weighted by Crippen LogP contribution is 2.29. The van der Waals surface area contributed by atoms with Crippen LogP contribution in [0.3, 0.4) is 0 Å². The summed E-state index contributed by atoms with van der Waals surface area (Å²) in [5, 5.41) is 8.37. The minimum atomic E-state index is -3.39. The van der Waals surface area contributed by atoms with Gasteiger partial charge in [-0.25, -0.2) is 0 Å². The summed E-state index contributed by atoms with van der Waals surface area (Å²) in [5.74, 6) is -2.38. The predicted octanol–water partition coefficient (Wildman–Crippen LogP) is 4.84. The number of hydrogen-bond acceptors (Lipinski definition) is 1. The van der Waals surface area contributed by atoms with Crippen molar-refractivity contribution in [1.82, 2.24) is 0 Å². The number of halogens is 2. The zero-order valence-electron chi connectivity index (χ0n) is 11.1. The van der Waals surface area contributed by atoms with E-state index in [1.807, 2.05) is 0 Å². The molecule has 0 N–H and O–H groups in total. The summed E-state index contributed by atoms with van der Waals surface area (Å²) in [4.78, 5) is 0. The van der Waals surface area contributed by atoms with Crippen molar-refractivity contribution in [2.75, 3.05) is 0 Å². The zero-order chi connectivity index (χ0) is 13.8. The summed E-state index contributed by atoms with van der Waals surface area (Å²) in [5.41, 5.74) is 0.818. The maximum absolute atomic E-state index is 13.1. The van der Waals surface area contributed by atoms with E-state index in [4.69, 9.17) is 5.26 Å². The number of nitriles is 1. The molecule has 1 aromatic rings. The van der Waals surface area contributed by atoms with Crippen molar-refractivity contribution in [2.24, 2.45) is 5.92 Å². The van der Waals surface area contributed by atoms with Gasteiger partial charge in [-0.1, -0.05) is 51.5 Å². The first-order valence-corrected chi connectivity index (χ1v) is 6.26. The first kappa shape index (κ1) is 14.6. The summed E-state index contributed by atoms with van der Waals surface area (Å²) >= 11 is 0. The molecule has 1 unspecified atom stereocenters. The fourth-order valence-electron chi connectivity index (χ4n) is 1.84. The van der Waals surface area contributed by atoms with E-state index in [1.165, 1.54) is 12.1 Å². The summed E-state index contributed by atoms with van der Waals surface area (Å²) in [6.07, 6.45) is 2.17. The lowest BCUT2D eigenvalue weighted by Gasteiger charge is -2.15. The van der Waals surface area contributed by atoms with Gasteiger partial charge in [-0.2, -0.15) is 14.0 Å². The van der Waals surface area contributed by atoms with E-state index in [-0.39, 0.29) is 5.56 Å². The Bertz CT molecular complexity index is 415. The quantitative estimate of drug-likeness (QED) is 0.734. The molecule has 1 nitrogen and oxygen atoms in total. The maximum Gasteiger partial charge on any atom is 0.357 e. The molecule has 0 heterocycles. The fraction of sp³-hybridized carbons (Fsp3) is 0.533. The molecule has 0 saturated carbocycles. The lowest BCUT2D eigenvalue weighted by Crippen LogP contribution is -2.09. The second-order valence-corrected chi connectivity index (χ2v) is 5.18. The maximum atomic E-state index is 13.1. The topological polar surface area (TPSA) is 23.8 Å². The smallest absolute Gasteiger partial charge is 0.191 e. The van der Waals surface area contributed by atoms with Gasteiger partial charge in [0.15, 0.2) is 0 Å². The van der Waals surface area contributed by atoms with E-state index in [1.54, 1.807) is 12.1 Å². The molecule has 0 radical (unpaired) electrons. The SMILES string of the molecule is CC(C)CCC(C)c1ccc(C(F)(F)C#N)cc1. The van der Waals surface area contributed by atoms with Crippen LogP contribution in [0.25, 0.3) is 0 Å². The van der Waals surface area contributed by atoms with Gasteiger partial charge in [-0.05, 0) is 23.8 Å². The molecule has 0 aliphatic heterocycles. The van der Waals surface area contributed by atoms with Crippen LogP contribution in [0.2, 0.25) is 0 Å².